The molecule has 0 fully saturated rings. The van der Waals surface area contributed by atoms with E-state index in [2.05, 4.69) is 16.2 Å². The molecule has 0 aliphatic heterocycles. The highest BCUT2D eigenvalue weighted by Crippen LogP contribution is 2.22. The molecule has 0 amide bonds. The first-order valence-corrected chi connectivity index (χ1v) is 4.86. The molecule has 0 spiro atoms. The maximum Gasteiger partial charge on any atom is 0.143 e. The molecule has 2 aromatic heterocycles. The fraction of sp³-hybridized carbons (Fsp3) is 0.143. The van der Waals surface area contributed by atoms with Crippen molar-refractivity contribution in [2.45, 2.75) is 6.92 Å². The molecule has 1 radical (unpaired) electrons. The second kappa shape index (κ2) is 2.71. The number of rotatable bonds is 1. The quantitative estimate of drug-likeness (QED) is 0.675. The molecule has 55 valence electrons. The highest BCUT2D eigenvalue weighted by atomic mass is 32.1. The molecule has 0 aliphatic carbocycles. The van der Waals surface area contributed by atoms with Gasteiger partial charge in [-0.3, -0.25) is 0 Å². The van der Waals surface area contributed by atoms with Gasteiger partial charge in [0.05, 0.1) is 5.01 Å². The highest BCUT2D eigenvalue weighted by molar-refractivity contribution is 7.14. The van der Waals surface area contributed by atoms with Crippen LogP contribution in [0, 0.1) is 13.1 Å². The summed E-state index contributed by atoms with van der Waals surface area (Å²) in [6.07, 6.45) is 2.77. The third-order valence-corrected chi connectivity index (χ3v) is 2.75. The van der Waals surface area contributed by atoms with E-state index in [4.69, 9.17) is 0 Å². The van der Waals surface area contributed by atoms with Crippen LogP contribution >= 0.6 is 22.7 Å². The molecule has 0 unspecified atom stereocenters. The first-order valence-electron chi connectivity index (χ1n) is 3.10. The summed E-state index contributed by atoms with van der Waals surface area (Å²) < 4.78 is 0. The Hall–Kier alpha value is -0.740. The Balaban J connectivity index is 2.45. The third kappa shape index (κ3) is 1.32. The van der Waals surface area contributed by atoms with E-state index in [-0.39, 0.29) is 0 Å². The number of nitrogens with zero attached hydrogens (tertiary/aromatic N) is 2. The van der Waals surface area contributed by atoms with E-state index in [0.29, 0.717) is 0 Å². The number of hydrogen-bond donors (Lipinski definition) is 0. The number of aromatic nitrogens is 2. The summed E-state index contributed by atoms with van der Waals surface area (Å²) in [6, 6.07) is 0. The van der Waals surface area contributed by atoms with Gasteiger partial charge in [-0.1, -0.05) is 0 Å². The summed E-state index contributed by atoms with van der Waals surface area (Å²) in [5, 5.41) is 5.89. The van der Waals surface area contributed by atoms with Crippen LogP contribution in [0.25, 0.3) is 10.7 Å². The van der Waals surface area contributed by atoms with Crippen LogP contribution in [0.15, 0.2) is 10.8 Å². The van der Waals surface area contributed by atoms with Crippen molar-refractivity contribution in [1.82, 2.24) is 9.97 Å². The van der Waals surface area contributed by atoms with E-state index < -0.39 is 0 Å². The van der Waals surface area contributed by atoms with Gasteiger partial charge < -0.3 is 0 Å². The van der Waals surface area contributed by atoms with Gasteiger partial charge in [0, 0.05) is 10.8 Å². The average molecular weight is 181 g/mol. The lowest BCUT2D eigenvalue weighted by Gasteiger charge is -1.83. The molecule has 0 atom stereocenters. The predicted molar refractivity (Wildman–Crippen MR) is 46.8 cm³/mol. The van der Waals surface area contributed by atoms with Crippen molar-refractivity contribution in [3.63, 3.8) is 0 Å². The molecule has 2 aromatic rings. The van der Waals surface area contributed by atoms with Gasteiger partial charge in [0.2, 0.25) is 0 Å². The predicted octanol–water partition coefficient (Wildman–Crippen LogP) is 2.38. The zero-order valence-electron chi connectivity index (χ0n) is 5.87. The zero-order chi connectivity index (χ0) is 7.68. The van der Waals surface area contributed by atoms with E-state index in [1.165, 1.54) is 0 Å². The summed E-state index contributed by atoms with van der Waals surface area (Å²) >= 11 is 3.21. The van der Waals surface area contributed by atoms with Crippen LogP contribution < -0.4 is 0 Å². The third-order valence-electron chi connectivity index (χ3n) is 1.23. The minimum absolute atomic E-state index is 0.953. The number of aryl methyl sites for hydroxylation is 1. The van der Waals surface area contributed by atoms with Crippen molar-refractivity contribution in [3.8, 4) is 10.7 Å². The first-order chi connectivity index (χ1) is 5.36. The Bertz CT molecular complexity index is 337. The molecule has 0 aliphatic rings. The maximum atomic E-state index is 4.30. The van der Waals surface area contributed by atoms with Crippen molar-refractivity contribution in [2.75, 3.05) is 0 Å². The Kier molecular flexibility index (Phi) is 1.71. The van der Waals surface area contributed by atoms with E-state index in [1.54, 1.807) is 22.7 Å². The van der Waals surface area contributed by atoms with Gasteiger partial charge >= 0.3 is 0 Å². The topological polar surface area (TPSA) is 25.8 Å². The highest BCUT2D eigenvalue weighted by Gasteiger charge is 2.02. The van der Waals surface area contributed by atoms with Crippen LogP contribution in [0.4, 0.5) is 0 Å². The summed E-state index contributed by atoms with van der Waals surface area (Å²) in [4.78, 5) is 8.34. The Morgan fingerprint density at radius 3 is 2.91 bits per heavy atom. The van der Waals surface area contributed by atoms with Crippen molar-refractivity contribution >= 4 is 22.7 Å². The second-order valence-electron chi connectivity index (χ2n) is 2.03. The minimum atomic E-state index is 0.953. The largest absolute Gasteiger partial charge is 0.239 e. The van der Waals surface area contributed by atoms with Gasteiger partial charge in [0.1, 0.15) is 16.9 Å². The lowest BCUT2D eigenvalue weighted by molar-refractivity contribution is 1.27. The van der Waals surface area contributed by atoms with Crippen LogP contribution in [-0.2, 0) is 0 Å². The van der Waals surface area contributed by atoms with Crippen LogP contribution in [0.3, 0.4) is 0 Å². The summed E-state index contributed by atoms with van der Waals surface area (Å²) in [7, 11) is 0. The lowest BCUT2D eigenvalue weighted by Crippen LogP contribution is -1.74. The molecule has 4 heteroatoms. The van der Waals surface area contributed by atoms with Gasteiger partial charge in [0.25, 0.3) is 0 Å². The molecule has 2 nitrogen and oxygen atoms in total. The van der Waals surface area contributed by atoms with Crippen molar-refractivity contribution in [2.24, 2.45) is 0 Å². The van der Waals surface area contributed by atoms with E-state index in [1.807, 2.05) is 17.7 Å². The Labute approximate surface area is 72.6 Å². The Morgan fingerprint density at radius 1 is 1.45 bits per heavy atom. The molecule has 2 heterocycles. The lowest BCUT2D eigenvalue weighted by atomic mass is 10.5. The molecular weight excluding hydrogens is 176 g/mol. The molecule has 11 heavy (non-hydrogen) atoms. The molecule has 2 rings (SSSR count). The van der Waals surface area contributed by atoms with E-state index >= 15 is 0 Å². The smallest absolute Gasteiger partial charge is 0.143 e. The van der Waals surface area contributed by atoms with Crippen LogP contribution in [-0.4, -0.2) is 9.97 Å². The number of hydrogen-bond acceptors (Lipinski definition) is 4. The fourth-order valence-corrected chi connectivity index (χ4v) is 1.99. The zero-order valence-corrected chi connectivity index (χ0v) is 7.50. The monoisotopic (exact) mass is 181 g/mol. The van der Waals surface area contributed by atoms with Crippen molar-refractivity contribution in [3.05, 3.63) is 22.0 Å². The number of thiazole rings is 2. The Morgan fingerprint density at radius 2 is 2.36 bits per heavy atom. The van der Waals surface area contributed by atoms with Gasteiger partial charge in [0.15, 0.2) is 0 Å². The first kappa shape index (κ1) is 6.94. The van der Waals surface area contributed by atoms with Crippen LogP contribution in [0.1, 0.15) is 5.01 Å². The normalized spacial score (nSPS) is 10.3. The molecule has 0 saturated carbocycles. The molecule has 0 N–H and O–H groups in total. The molecule has 0 bridgehead atoms. The minimum Gasteiger partial charge on any atom is -0.239 e. The van der Waals surface area contributed by atoms with E-state index in [0.717, 1.165) is 15.7 Å². The summed E-state index contributed by atoms with van der Waals surface area (Å²) in [6.45, 7) is 1.99. The van der Waals surface area contributed by atoms with Gasteiger partial charge in [-0.25, -0.2) is 9.97 Å². The van der Waals surface area contributed by atoms with Crippen LogP contribution in [0.2, 0.25) is 0 Å². The van der Waals surface area contributed by atoms with Crippen molar-refractivity contribution in [1.29, 1.82) is 0 Å². The van der Waals surface area contributed by atoms with E-state index in [9.17, 15) is 0 Å². The molecule has 0 aromatic carbocycles. The molecule has 0 saturated heterocycles. The average Bonchev–Trinajstić information content (AvgIpc) is 2.55. The fourth-order valence-electron chi connectivity index (χ4n) is 0.773. The molecular formula is C7H5N2S2. The van der Waals surface area contributed by atoms with Crippen molar-refractivity contribution < 1.29 is 0 Å². The second-order valence-corrected chi connectivity index (χ2v) is 3.95. The van der Waals surface area contributed by atoms with Gasteiger partial charge in [-0.2, -0.15) is 0 Å². The SMILES string of the molecule is Cc1nc(-c2n[c]cs2)cs1. The summed E-state index contributed by atoms with van der Waals surface area (Å²) in [5.41, 5.74) is 0.971. The maximum absolute atomic E-state index is 4.30. The summed E-state index contributed by atoms with van der Waals surface area (Å²) in [5.74, 6) is 0. The van der Waals surface area contributed by atoms with Gasteiger partial charge in [-0.15, -0.1) is 22.7 Å². The van der Waals surface area contributed by atoms with Gasteiger partial charge in [-0.05, 0) is 6.92 Å². The van der Waals surface area contributed by atoms with Crippen LogP contribution in [0.5, 0.6) is 0 Å². The standard InChI is InChI=1S/C7H5N2S2/c1-5-9-6(4-11-5)7-8-2-3-10-7/h3-4H,1H3.